The van der Waals surface area contributed by atoms with Crippen molar-refractivity contribution in [2.75, 3.05) is 57.4 Å². The Hall–Kier alpha value is -5.44. The van der Waals surface area contributed by atoms with Crippen LogP contribution in [-0.4, -0.2) is 164 Å². The fourth-order valence-electron chi connectivity index (χ4n) is 8.30. The summed E-state index contributed by atoms with van der Waals surface area (Å²) >= 11 is 5.85. The molecule has 16 N–H and O–H groups in total. The van der Waals surface area contributed by atoms with E-state index >= 15 is 0 Å². The number of nitrogen functional groups attached to an aromatic ring is 2. The number of primary amides is 1. The van der Waals surface area contributed by atoms with Crippen molar-refractivity contribution in [3.63, 3.8) is 0 Å². The van der Waals surface area contributed by atoms with Crippen LogP contribution in [0.1, 0.15) is 71.0 Å². The highest BCUT2D eigenvalue weighted by molar-refractivity contribution is 6.31. The molecule has 23 heteroatoms. The third kappa shape index (κ3) is 16.3. The number of unbranched alkanes of at least 4 members (excludes halogenated alkanes) is 1. The second-order valence-electron chi connectivity index (χ2n) is 17.8. The summed E-state index contributed by atoms with van der Waals surface area (Å²) in [5.41, 5.74) is 26.2. The van der Waals surface area contributed by atoms with Crippen molar-refractivity contribution in [1.29, 1.82) is 0 Å². The number of nitrogens with one attached hydrogen (secondary N) is 2. The van der Waals surface area contributed by atoms with Crippen LogP contribution in [0.2, 0.25) is 5.15 Å². The molecule has 72 heavy (non-hydrogen) atoms. The van der Waals surface area contributed by atoms with Gasteiger partial charge in [0.1, 0.15) is 36.6 Å². The number of ether oxygens (including phenoxy) is 4. The molecule has 11 atom stereocenters. The van der Waals surface area contributed by atoms with Crippen molar-refractivity contribution in [3.8, 4) is 0 Å². The quantitative estimate of drug-likeness (QED) is 0.0233. The number of aryl methyl sites for hydroxylation is 2. The molecule has 2 unspecified atom stereocenters. The topological polar surface area (TPSA) is 362 Å². The van der Waals surface area contributed by atoms with E-state index in [1.807, 2.05) is 36.4 Å². The lowest BCUT2D eigenvalue weighted by molar-refractivity contribution is -0.285. The summed E-state index contributed by atoms with van der Waals surface area (Å²) in [6.45, 7) is 0.0819. The summed E-state index contributed by atoms with van der Waals surface area (Å²) in [4.78, 5) is 38.5. The highest BCUT2D eigenvalue weighted by Crippen LogP contribution is 2.31. The number of nitrogens with two attached hydrogens (primary N) is 4. The minimum absolute atomic E-state index is 0.0999. The molecule has 0 aliphatic carbocycles. The average Bonchev–Trinajstić information content (AvgIpc) is 3.37. The molecule has 2 aliphatic rings. The zero-order valence-corrected chi connectivity index (χ0v) is 40.5. The van der Waals surface area contributed by atoms with E-state index in [1.165, 1.54) is 0 Å². The molecular weight excluding hydrogens is 956 g/mol. The molecule has 2 amide bonds. The Bertz CT molecular complexity index is 2270. The lowest BCUT2D eigenvalue weighted by atomic mass is 9.99. The summed E-state index contributed by atoms with van der Waals surface area (Å²) in [5.74, 6) is -1.65. The molecule has 3 heterocycles. The zero-order chi connectivity index (χ0) is 51.7. The minimum Gasteiger partial charge on any atom is -0.389 e. The molecule has 2 aliphatic heterocycles. The van der Waals surface area contributed by atoms with E-state index in [0.29, 0.717) is 49.9 Å². The van der Waals surface area contributed by atoms with Crippen LogP contribution in [0.25, 0.3) is 0 Å². The molecule has 3 aromatic carbocycles. The number of carbonyl (C=O) groups is 2. The smallest absolute Gasteiger partial charge is 0.280 e. The van der Waals surface area contributed by atoms with E-state index in [2.05, 4.69) is 25.6 Å². The number of hydrogen-bond acceptors (Lipinski definition) is 19. The zero-order valence-electron chi connectivity index (χ0n) is 39.7. The van der Waals surface area contributed by atoms with Gasteiger partial charge in [0.05, 0.1) is 31.5 Å². The van der Waals surface area contributed by atoms with E-state index in [4.69, 9.17) is 53.5 Å². The van der Waals surface area contributed by atoms with Gasteiger partial charge in [-0.05, 0) is 62.7 Å². The summed E-state index contributed by atoms with van der Waals surface area (Å²) in [7, 11) is 0. The van der Waals surface area contributed by atoms with E-state index in [-0.39, 0.29) is 61.3 Å². The van der Waals surface area contributed by atoms with Crippen molar-refractivity contribution in [2.24, 2.45) is 16.5 Å². The molecule has 2 fully saturated rings. The number of hydrogen-bond donors (Lipinski definition) is 12. The first-order chi connectivity index (χ1) is 34.6. The number of aromatic nitrogens is 2. The first-order valence-electron chi connectivity index (χ1n) is 23.8. The fraction of sp³-hybridized carbons (Fsp3) is 0.490. The molecule has 4 aromatic rings. The van der Waals surface area contributed by atoms with Crippen LogP contribution in [0.15, 0.2) is 89.9 Å². The van der Waals surface area contributed by atoms with Crippen molar-refractivity contribution < 1.29 is 59.2 Å². The van der Waals surface area contributed by atoms with Gasteiger partial charge in [-0.15, -0.1) is 0 Å². The number of benzene rings is 3. The van der Waals surface area contributed by atoms with Crippen molar-refractivity contribution >= 4 is 41.0 Å². The molecule has 0 radical (unpaired) electrons. The van der Waals surface area contributed by atoms with Gasteiger partial charge in [0.2, 0.25) is 5.91 Å². The monoisotopic (exact) mass is 1020 g/mol. The number of aliphatic imine (C=N–C) groups is 1. The number of carbonyl (C=O) groups excluding carboxylic acids is 2. The maximum absolute atomic E-state index is 12.6. The number of aliphatic hydroxyl groups is 6. The number of amides is 2. The Morgan fingerprint density at radius 1 is 0.736 bits per heavy atom. The highest BCUT2D eigenvalue weighted by atomic mass is 35.5. The predicted molar refractivity (Wildman–Crippen MR) is 266 cm³/mol. The van der Waals surface area contributed by atoms with E-state index in [1.54, 1.807) is 53.4 Å². The molecule has 2 saturated heterocycles. The number of nitrogens with zero attached hydrogens (tertiary/aromatic N) is 4. The van der Waals surface area contributed by atoms with Crippen LogP contribution >= 0.6 is 11.6 Å². The van der Waals surface area contributed by atoms with E-state index in [0.717, 1.165) is 24.0 Å². The largest absolute Gasteiger partial charge is 0.389 e. The molecule has 392 valence electrons. The third-order valence-electron chi connectivity index (χ3n) is 12.3. The van der Waals surface area contributed by atoms with Gasteiger partial charge in [0.25, 0.3) is 5.91 Å². The van der Waals surface area contributed by atoms with Crippen LogP contribution in [0.3, 0.4) is 0 Å². The van der Waals surface area contributed by atoms with Gasteiger partial charge >= 0.3 is 0 Å². The van der Waals surface area contributed by atoms with E-state index < -0.39 is 79.3 Å². The summed E-state index contributed by atoms with van der Waals surface area (Å²) in [5, 5.41) is 72.6. The normalized spacial score (nSPS) is 22.7. The Labute approximate surface area is 422 Å². The van der Waals surface area contributed by atoms with Gasteiger partial charge in [-0.2, -0.15) is 0 Å². The second-order valence-corrected chi connectivity index (χ2v) is 18.2. The Morgan fingerprint density at radius 2 is 1.26 bits per heavy atom. The molecule has 0 spiro atoms. The SMILES string of the molecule is NC(=O)[C@H](CCc1ccc(CCCCN=C(N)NC(=O)c2nc(Cl)c(N)nc2N)cc1)NCCCN(C[C@H](O)[C@@H](O)[C@@H]1OC(c2ccccc2)OC[C@H]1O)C[C@H](O)[C@@H](O)[C@@H]1OC(c2ccccc2)OC[C@H]1O. The number of rotatable bonds is 25. The Balaban J connectivity index is 0.986. The molecule has 0 saturated carbocycles. The molecule has 0 bridgehead atoms. The van der Waals surface area contributed by atoms with Gasteiger partial charge in [0.15, 0.2) is 41.0 Å². The predicted octanol–water partition coefficient (Wildman–Crippen LogP) is -0.176. The number of anilines is 2. The molecule has 6 rings (SSSR count). The highest BCUT2D eigenvalue weighted by Gasteiger charge is 2.42. The number of guanidine groups is 1. The lowest BCUT2D eigenvalue weighted by Crippen LogP contribution is -2.56. The van der Waals surface area contributed by atoms with Gasteiger partial charge < -0.3 is 77.8 Å². The molecule has 22 nitrogen and oxygen atoms in total. The summed E-state index contributed by atoms with van der Waals surface area (Å²) in [6.07, 6.45) is -9.38. The van der Waals surface area contributed by atoms with Crippen molar-refractivity contribution in [3.05, 3.63) is 118 Å². The van der Waals surface area contributed by atoms with E-state index in [9.17, 15) is 40.2 Å². The maximum Gasteiger partial charge on any atom is 0.280 e. The first-order valence-corrected chi connectivity index (χ1v) is 24.2. The standard InChI is InChI=1S/C49H67ClN10O12/c50-42-44(52)58-43(51)37(57-42)46(68)59-49(54)56-21-8-7-10-28-15-17-29(18-16-28)19-20-32(45(53)67)55-22-9-23-60(24-33(61)38(65)40-35(63)26-69-47(71-40)30-11-3-1-4-12-30)25-34(62)39(66)41-36(64)27-70-48(72-41)31-13-5-2-6-14-31/h1-6,11-18,32-36,38-41,47-48,55,61-66H,7-10,19-27H2,(H2,53,67)(H4,51,52,58)(H3,54,56,59,68)/t32-,33-,34-,35+,36+,38+,39+,40+,41+,47?,48?/m0/s1. The van der Waals surface area contributed by atoms with Crippen LogP contribution in [0.5, 0.6) is 0 Å². The number of halogens is 1. The third-order valence-corrected chi connectivity index (χ3v) is 12.6. The van der Waals surface area contributed by atoms with Crippen LogP contribution in [0.4, 0.5) is 11.6 Å². The molecule has 1 aromatic heterocycles. The van der Waals surface area contributed by atoms with Gasteiger partial charge in [-0.25, -0.2) is 9.97 Å². The maximum atomic E-state index is 12.6. The van der Waals surface area contributed by atoms with Gasteiger partial charge in [-0.1, -0.05) is 96.5 Å². The van der Waals surface area contributed by atoms with Crippen LogP contribution in [-0.2, 0) is 36.6 Å². The second kappa shape index (κ2) is 27.6. The Morgan fingerprint density at radius 3 is 1.79 bits per heavy atom. The first kappa shape index (κ1) is 55.9. The van der Waals surface area contributed by atoms with Gasteiger partial charge in [0, 0.05) is 30.8 Å². The summed E-state index contributed by atoms with van der Waals surface area (Å²) in [6, 6.07) is 25.3. The molecular formula is C49H67ClN10O12. The van der Waals surface area contributed by atoms with Crippen LogP contribution in [0, 0.1) is 0 Å². The lowest BCUT2D eigenvalue weighted by Gasteiger charge is -2.40. The Kier molecular flexibility index (Phi) is 21.4. The number of aliphatic hydroxyl groups excluding tert-OH is 6. The van der Waals surface area contributed by atoms with Crippen molar-refractivity contribution in [1.82, 2.24) is 25.5 Å². The summed E-state index contributed by atoms with van der Waals surface area (Å²) < 4.78 is 23.2. The van der Waals surface area contributed by atoms with Crippen LogP contribution < -0.4 is 33.6 Å². The van der Waals surface area contributed by atoms with Crippen molar-refractivity contribution in [2.45, 2.75) is 106 Å². The van der Waals surface area contributed by atoms with Gasteiger partial charge in [-0.3, -0.25) is 24.8 Å². The minimum atomic E-state index is -1.59. The fourth-order valence-corrected chi connectivity index (χ4v) is 8.43. The average molecular weight is 1020 g/mol.